The lowest BCUT2D eigenvalue weighted by molar-refractivity contribution is 0.0768. The van der Waals surface area contributed by atoms with Crippen LogP contribution >= 0.6 is 0 Å². The van der Waals surface area contributed by atoms with E-state index in [4.69, 9.17) is 10.9 Å². The Morgan fingerprint density at radius 3 is 2.89 bits per heavy atom. The first-order chi connectivity index (χ1) is 8.58. The van der Waals surface area contributed by atoms with Crippen molar-refractivity contribution in [2.24, 2.45) is 10.9 Å². The molecule has 0 atom stereocenters. The Kier molecular flexibility index (Phi) is 5.10. The lowest BCUT2D eigenvalue weighted by atomic mass is 10.2. The number of pyridine rings is 1. The molecular weight excluding hydrogens is 232 g/mol. The van der Waals surface area contributed by atoms with Gasteiger partial charge in [-0.25, -0.2) is 0 Å². The summed E-state index contributed by atoms with van der Waals surface area (Å²) in [5.74, 6) is 0.0425. The zero-order valence-electron chi connectivity index (χ0n) is 10.6. The summed E-state index contributed by atoms with van der Waals surface area (Å²) in [6.45, 7) is 4.72. The van der Waals surface area contributed by atoms with Crippen LogP contribution in [0.4, 0.5) is 0 Å². The Labute approximate surface area is 106 Å². The minimum Gasteiger partial charge on any atom is -0.409 e. The van der Waals surface area contributed by atoms with Crippen molar-refractivity contribution in [2.75, 3.05) is 13.1 Å². The quantitative estimate of drug-likeness (QED) is 0.353. The molecule has 0 fully saturated rings. The molecule has 98 valence electrons. The van der Waals surface area contributed by atoms with E-state index in [2.05, 4.69) is 10.1 Å². The number of nitrogens with zero attached hydrogens (tertiary/aromatic N) is 3. The second-order valence-electron chi connectivity index (χ2n) is 3.91. The predicted octanol–water partition coefficient (Wildman–Crippen LogP) is 0.989. The highest BCUT2D eigenvalue weighted by Crippen LogP contribution is 2.06. The standard InChI is InChI=1S/C12H18N4O2/c1-3-16(7-5-11(13)15-18)12(17)10-4-6-14-9(2)8-10/h4,6,8,18H,3,5,7H2,1-2H3,(H2,13,15). The van der Waals surface area contributed by atoms with Crippen LogP contribution in [0.15, 0.2) is 23.5 Å². The number of amidine groups is 1. The van der Waals surface area contributed by atoms with E-state index < -0.39 is 0 Å². The number of oxime groups is 1. The highest BCUT2D eigenvalue weighted by atomic mass is 16.4. The van der Waals surface area contributed by atoms with E-state index in [1.807, 2.05) is 13.8 Å². The topological polar surface area (TPSA) is 91.8 Å². The molecule has 0 aliphatic carbocycles. The normalized spacial score (nSPS) is 11.3. The Hall–Kier alpha value is -2.11. The van der Waals surface area contributed by atoms with Crippen molar-refractivity contribution in [3.8, 4) is 0 Å². The fraction of sp³-hybridized carbons (Fsp3) is 0.417. The number of nitrogens with two attached hydrogens (primary N) is 1. The van der Waals surface area contributed by atoms with E-state index in [1.165, 1.54) is 0 Å². The summed E-state index contributed by atoms with van der Waals surface area (Å²) in [7, 11) is 0. The molecule has 3 N–H and O–H groups in total. The molecular formula is C12H18N4O2. The van der Waals surface area contributed by atoms with Gasteiger partial charge in [-0.3, -0.25) is 9.78 Å². The Balaban J connectivity index is 2.73. The molecule has 0 radical (unpaired) electrons. The molecule has 0 spiro atoms. The average Bonchev–Trinajstić information content (AvgIpc) is 2.38. The van der Waals surface area contributed by atoms with Crippen LogP contribution in [0.3, 0.4) is 0 Å². The van der Waals surface area contributed by atoms with E-state index in [-0.39, 0.29) is 11.7 Å². The molecule has 0 aliphatic heterocycles. The van der Waals surface area contributed by atoms with Gasteiger partial charge in [0.05, 0.1) is 0 Å². The maximum atomic E-state index is 12.2. The minimum absolute atomic E-state index is 0.0752. The van der Waals surface area contributed by atoms with Crippen molar-refractivity contribution < 1.29 is 10.0 Å². The highest BCUT2D eigenvalue weighted by Gasteiger charge is 2.14. The van der Waals surface area contributed by atoms with Crippen LogP contribution in [0, 0.1) is 6.92 Å². The summed E-state index contributed by atoms with van der Waals surface area (Å²) in [6.07, 6.45) is 1.96. The summed E-state index contributed by atoms with van der Waals surface area (Å²) in [6, 6.07) is 3.43. The smallest absolute Gasteiger partial charge is 0.253 e. The number of amides is 1. The van der Waals surface area contributed by atoms with E-state index in [0.29, 0.717) is 25.1 Å². The van der Waals surface area contributed by atoms with Gasteiger partial charge >= 0.3 is 0 Å². The summed E-state index contributed by atoms with van der Waals surface area (Å²) >= 11 is 0. The molecule has 0 saturated heterocycles. The zero-order valence-corrected chi connectivity index (χ0v) is 10.6. The number of carbonyl (C=O) groups excluding carboxylic acids is 1. The predicted molar refractivity (Wildman–Crippen MR) is 68.6 cm³/mol. The molecule has 1 aromatic heterocycles. The van der Waals surface area contributed by atoms with Crippen molar-refractivity contribution in [2.45, 2.75) is 20.3 Å². The van der Waals surface area contributed by atoms with Crippen LogP contribution in [0.5, 0.6) is 0 Å². The fourth-order valence-corrected chi connectivity index (χ4v) is 1.56. The van der Waals surface area contributed by atoms with Gasteiger partial charge in [-0.2, -0.15) is 0 Å². The second kappa shape index (κ2) is 6.58. The fourth-order valence-electron chi connectivity index (χ4n) is 1.56. The monoisotopic (exact) mass is 250 g/mol. The molecule has 18 heavy (non-hydrogen) atoms. The van der Waals surface area contributed by atoms with Crippen LogP contribution in [-0.2, 0) is 0 Å². The lowest BCUT2D eigenvalue weighted by Crippen LogP contribution is -2.34. The number of aromatic nitrogens is 1. The summed E-state index contributed by atoms with van der Waals surface area (Å²) < 4.78 is 0. The molecule has 1 rings (SSSR count). The molecule has 0 aromatic carbocycles. The van der Waals surface area contributed by atoms with Gasteiger partial charge in [0.15, 0.2) is 0 Å². The van der Waals surface area contributed by atoms with Crippen LogP contribution in [0.25, 0.3) is 0 Å². The third kappa shape index (κ3) is 3.73. The Bertz CT molecular complexity index is 445. The van der Waals surface area contributed by atoms with Gasteiger partial charge in [0, 0.05) is 37.0 Å². The van der Waals surface area contributed by atoms with Crippen molar-refractivity contribution >= 4 is 11.7 Å². The number of rotatable bonds is 5. The maximum Gasteiger partial charge on any atom is 0.253 e. The number of hydrogen-bond acceptors (Lipinski definition) is 4. The second-order valence-corrected chi connectivity index (χ2v) is 3.91. The summed E-state index contributed by atoms with van der Waals surface area (Å²) in [5.41, 5.74) is 6.79. The molecule has 1 heterocycles. The van der Waals surface area contributed by atoms with Crippen LogP contribution in [-0.4, -0.2) is 39.9 Å². The van der Waals surface area contributed by atoms with Gasteiger partial charge in [0.2, 0.25) is 0 Å². The van der Waals surface area contributed by atoms with Gasteiger partial charge in [0.25, 0.3) is 5.91 Å². The van der Waals surface area contributed by atoms with E-state index in [9.17, 15) is 4.79 Å². The highest BCUT2D eigenvalue weighted by molar-refractivity contribution is 5.94. The van der Waals surface area contributed by atoms with Crippen molar-refractivity contribution in [3.05, 3.63) is 29.6 Å². The van der Waals surface area contributed by atoms with Crippen LogP contribution < -0.4 is 5.73 Å². The van der Waals surface area contributed by atoms with Gasteiger partial charge in [-0.15, -0.1) is 0 Å². The van der Waals surface area contributed by atoms with Crippen LogP contribution in [0.2, 0.25) is 0 Å². The summed E-state index contributed by atoms with van der Waals surface area (Å²) in [4.78, 5) is 17.9. The largest absolute Gasteiger partial charge is 0.409 e. The molecule has 6 nitrogen and oxygen atoms in total. The van der Waals surface area contributed by atoms with Crippen molar-refractivity contribution in [3.63, 3.8) is 0 Å². The van der Waals surface area contributed by atoms with Crippen molar-refractivity contribution in [1.29, 1.82) is 0 Å². The molecule has 0 aliphatic rings. The molecule has 1 aromatic rings. The molecule has 0 unspecified atom stereocenters. The van der Waals surface area contributed by atoms with E-state index >= 15 is 0 Å². The average molecular weight is 250 g/mol. The molecule has 0 saturated carbocycles. The Morgan fingerprint density at radius 1 is 1.61 bits per heavy atom. The zero-order chi connectivity index (χ0) is 13.5. The van der Waals surface area contributed by atoms with Gasteiger partial charge in [-0.1, -0.05) is 5.16 Å². The first-order valence-electron chi connectivity index (χ1n) is 5.76. The molecule has 6 heteroatoms. The van der Waals surface area contributed by atoms with E-state index in [1.54, 1.807) is 23.2 Å². The summed E-state index contributed by atoms with van der Waals surface area (Å²) in [5, 5.41) is 11.4. The van der Waals surface area contributed by atoms with Gasteiger partial charge in [0.1, 0.15) is 5.84 Å². The number of aryl methyl sites for hydroxylation is 1. The lowest BCUT2D eigenvalue weighted by Gasteiger charge is -2.20. The molecule has 1 amide bonds. The first-order valence-corrected chi connectivity index (χ1v) is 5.76. The minimum atomic E-state index is -0.0752. The van der Waals surface area contributed by atoms with E-state index in [0.717, 1.165) is 5.69 Å². The first kappa shape index (κ1) is 14.0. The maximum absolute atomic E-state index is 12.2. The van der Waals surface area contributed by atoms with Crippen molar-refractivity contribution in [1.82, 2.24) is 9.88 Å². The third-order valence-electron chi connectivity index (χ3n) is 2.58. The van der Waals surface area contributed by atoms with Crippen LogP contribution in [0.1, 0.15) is 29.4 Å². The Morgan fingerprint density at radius 2 is 2.33 bits per heavy atom. The van der Waals surface area contributed by atoms with Gasteiger partial charge < -0.3 is 15.8 Å². The molecule has 0 bridgehead atoms. The SMILES string of the molecule is CCN(CC/C(N)=N/O)C(=O)c1ccnc(C)c1. The third-order valence-corrected chi connectivity index (χ3v) is 2.58. The number of hydrogen-bond donors (Lipinski definition) is 2. The number of carbonyl (C=O) groups is 1. The van der Waals surface area contributed by atoms with Gasteiger partial charge in [-0.05, 0) is 26.0 Å².